The second-order valence-corrected chi connectivity index (χ2v) is 8.56. The molecule has 2 heterocycles. The number of aliphatic imine (C=N–C) groups is 1. The molecule has 0 aromatic heterocycles. The average Bonchev–Trinajstić information content (AvgIpc) is 3.20. The smallest absolute Gasteiger partial charge is 0.261 e. The summed E-state index contributed by atoms with van der Waals surface area (Å²) in [7, 11) is 0. The van der Waals surface area contributed by atoms with Gasteiger partial charge in [-0.25, -0.2) is 4.99 Å². The van der Waals surface area contributed by atoms with Crippen LogP contribution in [0.5, 0.6) is 5.75 Å². The first-order valence-corrected chi connectivity index (χ1v) is 11.5. The monoisotopic (exact) mass is 470 g/mol. The maximum atomic E-state index is 13.1. The maximum Gasteiger partial charge on any atom is 0.261 e. The summed E-state index contributed by atoms with van der Waals surface area (Å²) >= 11 is 0. The molecule has 178 valence electrons. The number of fused-ring (bicyclic) bond motifs is 2. The van der Waals surface area contributed by atoms with Gasteiger partial charge in [0.25, 0.3) is 11.8 Å². The molecule has 0 spiro atoms. The van der Waals surface area contributed by atoms with E-state index in [-0.39, 0.29) is 24.5 Å². The van der Waals surface area contributed by atoms with Crippen LogP contribution in [-0.2, 0) is 16.1 Å². The van der Waals surface area contributed by atoms with Gasteiger partial charge in [0.1, 0.15) is 11.8 Å². The minimum Gasteiger partial charge on any atom is -0.481 e. The Labute approximate surface area is 203 Å². The quantitative estimate of drug-likeness (QED) is 0.493. The van der Waals surface area contributed by atoms with Gasteiger partial charge in [0, 0.05) is 12.1 Å². The minimum absolute atomic E-state index is 0.240. The number of aliphatic hydroxyl groups is 1. The van der Waals surface area contributed by atoms with E-state index >= 15 is 0 Å². The third-order valence-electron chi connectivity index (χ3n) is 6.21. The summed E-state index contributed by atoms with van der Waals surface area (Å²) in [6.07, 6.45) is -0.745. The Morgan fingerprint density at radius 3 is 2.40 bits per heavy atom. The van der Waals surface area contributed by atoms with E-state index in [9.17, 15) is 14.7 Å². The van der Waals surface area contributed by atoms with E-state index in [1.807, 2.05) is 66.7 Å². The van der Waals surface area contributed by atoms with Crippen LogP contribution >= 0.6 is 0 Å². The van der Waals surface area contributed by atoms with Gasteiger partial charge >= 0.3 is 0 Å². The van der Waals surface area contributed by atoms with Gasteiger partial charge in [0.05, 0.1) is 18.3 Å². The third-order valence-corrected chi connectivity index (χ3v) is 6.21. The number of hydrogen-bond donors (Lipinski definition) is 3. The van der Waals surface area contributed by atoms with E-state index in [2.05, 4.69) is 15.6 Å². The molecule has 3 aromatic rings. The van der Waals surface area contributed by atoms with Crippen molar-refractivity contribution < 1.29 is 19.4 Å². The number of benzene rings is 3. The lowest BCUT2D eigenvalue weighted by Crippen LogP contribution is -2.39. The lowest BCUT2D eigenvalue weighted by atomic mass is 9.98. The lowest BCUT2D eigenvalue weighted by Gasteiger charge is -2.27. The molecule has 2 aliphatic rings. The molecule has 2 aliphatic heterocycles. The number of hydrogen-bond acceptors (Lipinski definition) is 6. The van der Waals surface area contributed by atoms with Crippen LogP contribution in [0.25, 0.3) is 0 Å². The number of amides is 2. The first kappa shape index (κ1) is 22.6. The van der Waals surface area contributed by atoms with Gasteiger partial charge < -0.3 is 20.1 Å². The van der Waals surface area contributed by atoms with Gasteiger partial charge in [-0.05, 0) is 36.2 Å². The molecule has 3 N–H and O–H groups in total. The van der Waals surface area contributed by atoms with Crippen LogP contribution in [0.2, 0.25) is 0 Å². The predicted octanol–water partition coefficient (Wildman–Crippen LogP) is 2.65. The zero-order valence-corrected chi connectivity index (χ0v) is 19.2. The minimum atomic E-state index is -0.745. The molecule has 1 saturated heterocycles. The SMILES string of the molecule is CC(Oc1ccc2c(c1)CN1C(=N2)NC(=O)C1CO)C(=O)NC(c1ccccc1)c1ccccc1. The number of aliphatic hydroxyl groups excluding tert-OH is 1. The topological polar surface area (TPSA) is 103 Å². The summed E-state index contributed by atoms with van der Waals surface area (Å²) in [4.78, 5) is 31.4. The second kappa shape index (κ2) is 9.60. The van der Waals surface area contributed by atoms with Gasteiger partial charge in [-0.3, -0.25) is 14.9 Å². The molecule has 5 rings (SSSR count). The number of carbonyl (C=O) groups excluding carboxylic acids is 2. The van der Waals surface area contributed by atoms with Crippen molar-refractivity contribution in [2.24, 2.45) is 4.99 Å². The van der Waals surface area contributed by atoms with E-state index in [4.69, 9.17) is 4.74 Å². The number of rotatable bonds is 7. The molecular weight excluding hydrogens is 444 g/mol. The first-order chi connectivity index (χ1) is 17.0. The number of ether oxygens (including phenoxy) is 1. The van der Waals surface area contributed by atoms with Crippen LogP contribution in [0.15, 0.2) is 83.9 Å². The largest absolute Gasteiger partial charge is 0.481 e. The van der Waals surface area contributed by atoms with Crippen molar-refractivity contribution in [3.63, 3.8) is 0 Å². The Kier molecular flexibility index (Phi) is 6.20. The Bertz CT molecular complexity index is 1220. The highest BCUT2D eigenvalue weighted by atomic mass is 16.5. The normalized spacial score (nSPS) is 17.2. The molecule has 0 bridgehead atoms. The Balaban J connectivity index is 1.30. The molecule has 0 radical (unpaired) electrons. The zero-order chi connectivity index (χ0) is 24.4. The molecule has 8 nitrogen and oxygen atoms in total. The predicted molar refractivity (Wildman–Crippen MR) is 131 cm³/mol. The van der Waals surface area contributed by atoms with Gasteiger partial charge in [-0.1, -0.05) is 60.7 Å². The van der Waals surface area contributed by atoms with Crippen molar-refractivity contribution in [2.75, 3.05) is 6.61 Å². The molecular formula is C27H26N4O4. The Hall–Kier alpha value is -4.17. The van der Waals surface area contributed by atoms with Gasteiger partial charge in [-0.2, -0.15) is 0 Å². The highest BCUT2D eigenvalue weighted by molar-refractivity contribution is 6.07. The van der Waals surface area contributed by atoms with E-state index in [0.717, 1.165) is 16.7 Å². The van der Waals surface area contributed by atoms with Crippen LogP contribution in [0.1, 0.15) is 29.7 Å². The van der Waals surface area contributed by atoms with Crippen LogP contribution in [0, 0.1) is 0 Å². The fourth-order valence-corrected chi connectivity index (χ4v) is 4.35. The van der Waals surface area contributed by atoms with Crippen LogP contribution in [0.3, 0.4) is 0 Å². The summed E-state index contributed by atoms with van der Waals surface area (Å²) in [5.41, 5.74) is 3.52. The standard InChI is InChI=1S/C27H26N4O4/c1-17(25(33)29-24(18-8-4-2-5-9-18)19-10-6-3-7-11-19)35-21-12-13-22-20(14-21)15-31-23(16-32)26(34)30-27(31)28-22/h2-14,17,23-24,32H,15-16H2,1H3,(H,29,33)(H,28,30,34). The lowest BCUT2D eigenvalue weighted by molar-refractivity contribution is -0.127. The van der Waals surface area contributed by atoms with Crippen LogP contribution in [-0.4, -0.2) is 46.5 Å². The third kappa shape index (κ3) is 4.61. The van der Waals surface area contributed by atoms with E-state index in [1.54, 1.807) is 24.0 Å². The number of nitrogens with zero attached hydrogens (tertiary/aromatic N) is 2. The van der Waals surface area contributed by atoms with E-state index < -0.39 is 12.1 Å². The Morgan fingerprint density at radius 1 is 1.11 bits per heavy atom. The van der Waals surface area contributed by atoms with Gasteiger partial charge in [0.15, 0.2) is 6.10 Å². The van der Waals surface area contributed by atoms with Crippen molar-refractivity contribution in [3.05, 3.63) is 95.6 Å². The summed E-state index contributed by atoms with van der Waals surface area (Å²) < 4.78 is 5.99. The first-order valence-electron chi connectivity index (χ1n) is 11.5. The average molecular weight is 471 g/mol. The number of carbonyl (C=O) groups is 2. The summed E-state index contributed by atoms with van der Waals surface area (Å²) in [5.74, 6) is 0.457. The fourth-order valence-electron chi connectivity index (χ4n) is 4.35. The van der Waals surface area contributed by atoms with E-state index in [1.165, 1.54) is 0 Å². The molecule has 0 aliphatic carbocycles. The molecule has 8 heteroatoms. The molecule has 2 amide bonds. The van der Waals surface area contributed by atoms with Crippen molar-refractivity contribution in [2.45, 2.75) is 31.7 Å². The van der Waals surface area contributed by atoms with Crippen molar-refractivity contribution in [3.8, 4) is 5.75 Å². The molecule has 0 saturated carbocycles. The van der Waals surface area contributed by atoms with Crippen molar-refractivity contribution in [1.82, 2.24) is 15.5 Å². The fraction of sp³-hybridized carbons (Fsp3) is 0.222. The summed E-state index contributed by atoms with van der Waals surface area (Å²) in [5, 5.41) is 15.4. The molecule has 35 heavy (non-hydrogen) atoms. The van der Waals surface area contributed by atoms with Crippen LogP contribution < -0.4 is 15.4 Å². The number of guanidine groups is 1. The van der Waals surface area contributed by atoms with Gasteiger partial charge in [-0.15, -0.1) is 0 Å². The number of nitrogens with one attached hydrogen (secondary N) is 2. The summed E-state index contributed by atoms with van der Waals surface area (Å²) in [6, 6.07) is 24.0. The molecule has 3 aromatic carbocycles. The highest BCUT2D eigenvalue weighted by Crippen LogP contribution is 2.32. The zero-order valence-electron chi connectivity index (χ0n) is 19.2. The molecule has 2 atom stereocenters. The second-order valence-electron chi connectivity index (χ2n) is 8.56. The van der Waals surface area contributed by atoms with Crippen molar-refractivity contribution >= 4 is 23.5 Å². The molecule has 1 fully saturated rings. The Morgan fingerprint density at radius 2 is 1.77 bits per heavy atom. The molecule has 2 unspecified atom stereocenters. The summed E-state index contributed by atoms with van der Waals surface area (Å²) in [6.45, 7) is 1.82. The maximum absolute atomic E-state index is 13.1. The van der Waals surface area contributed by atoms with Gasteiger partial charge in [0.2, 0.25) is 5.96 Å². The van der Waals surface area contributed by atoms with Crippen molar-refractivity contribution in [1.29, 1.82) is 0 Å². The highest BCUT2D eigenvalue weighted by Gasteiger charge is 2.38. The van der Waals surface area contributed by atoms with E-state index in [0.29, 0.717) is 23.9 Å². The van der Waals surface area contributed by atoms with Crippen LogP contribution in [0.4, 0.5) is 5.69 Å².